The Labute approximate surface area is 148 Å². The van der Waals surface area contributed by atoms with Gasteiger partial charge in [0, 0.05) is 15.3 Å². The van der Waals surface area contributed by atoms with Gasteiger partial charge in [0.05, 0.1) is 17.9 Å². The van der Waals surface area contributed by atoms with Gasteiger partial charge in [0.1, 0.15) is 0 Å². The number of esters is 1. The molecule has 122 valence electrons. The average Bonchev–Trinajstić information content (AvgIpc) is 3.23. The Hall–Kier alpha value is -2.24. The lowest BCUT2D eigenvalue weighted by Gasteiger charge is -2.07. The molecule has 0 fully saturated rings. The molecule has 0 N–H and O–H groups in total. The van der Waals surface area contributed by atoms with E-state index in [1.165, 1.54) is 11.3 Å². The van der Waals surface area contributed by atoms with Gasteiger partial charge in [0.25, 0.3) is 0 Å². The summed E-state index contributed by atoms with van der Waals surface area (Å²) >= 11 is 2.99. The average molecular weight is 356 g/mol. The van der Waals surface area contributed by atoms with Gasteiger partial charge in [-0.15, -0.1) is 22.7 Å². The van der Waals surface area contributed by atoms with Crippen LogP contribution >= 0.6 is 22.7 Å². The van der Waals surface area contributed by atoms with Gasteiger partial charge in [0.15, 0.2) is 6.29 Å². The van der Waals surface area contributed by atoms with Gasteiger partial charge >= 0.3 is 5.97 Å². The molecule has 0 spiro atoms. The monoisotopic (exact) mass is 356 g/mol. The van der Waals surface area contributed by atoms with Crippen LogP contribution in [0.1, 0.15) is 22.2 Å². The molecule has 24 heavy (non-hydrogen) atoms. The summed E-state index contributed by atoms with van der Waals surface area (Å²) in [6, 6.07) is 13.8. The van der Waals surface area contributed by atoms with Crippen molar-refractivity contribution in [2.24, 2.45) is 0 Å². The topological polar surface area (TPSA) is 43.4 Å². The fourth-order valence-electron chi connectivity index (χ4n) is 2.61. The lowest BCUT2D eigenvalue weighted by Crippen LogP contribution is -2.08. The Kier molecular flexibility index (Phi) is 5.23. The summed E-state index contributed by atoms with van der Waals surface area (Å²) in [5.74, 6) is -0.275. The van der Waals surface area contributed by atoms with Crippen molar-refractivity contribution in [1.29, 1.82) is 0 Å². The van der Waals surface area contributed by atoms with Crippen LogP contribution < -0.4 is 0 Å². The fourth-order valence-corrected chi connectivity index (χ4v) is 4.64. The molecule has 5 heteroatoms. The number of thiophene rings is 2. The van der Waals surface area contributed by atoms with E-state index in [2.05, 4.69) is 0 Å². The van der Waals surface area contributed by atoms with Crippen LogP contribution in [0.4, 0.5) is 0 Å². The number of rotatable bonds is 6. The maximum absolute atomic E-state index is 12.1. The summed E-state index contributed by atoms with van der Waals surface area (Å²) in [6.07, 6.45) is 1.04. The zero-order valence-corrected chi connectivity index (χ0v) is 14.8. The molecule has 2 heterocycles. The van der Waals surface area contributed by atoms with E-state index in [4.69, 9.17) is 4.74 Å². The highest BCUT2D eigenvalue weighted by atomic mass is 32.1. The Morgan fingerprint density at radius 1 is 1.17 bits per heavy atom. The number of aldehydes is 1. The van der Waals surface area contributed by atoms with Crippen molar-refractivity contribution in [2.75, 3.05) is 6.61 Å². The van der Waals surface area contributed by atoms with Gasteiger partial charge < -0.3 is 4.74 Å². The number of hydrogen-bond donors (Lipinski definition) is 0. The van der Waals surface area contributed by atoms with Crippen molar-refractivity contribution in [3.05, 3.63) is 58.3 Å². The van der Waals surface area contributed by atoms with Crippen LogP contribution in [0.2, 0.25) is 0 Å². The van der Waals surface area contributed by atoms with Crippen LogP contribution in [0.5, 0.6) is 0 Å². The molecule has 3 nitrogen and oxygen atoms in total. The van der Waals surface area contributed by atoms with E-state index in [1.54, 1.807) is 18.3 Å². The van der Waals surface area contributed by atoms with E-state index in [-0.39, 0.29) is 12.4 Å². The van der Waals surface area contributed by atoms with Crippen LogP contribution in [0.25, 0.3) is 20.9 Å². The molecule has 0 aliphatic heterocycles. The molecule has 3 aromatic rings. The highest BCUT2D eigenvalue weighted by Crippen LogP contribution is 2.43. The number of carbonyl (C=O) groups excluding carboxylic acids is 2. The number of benzene rings is 1. The molecule has 0 radical (unpaired) electrons. The molecule has 2 aromatic heterocycles. The fraction of sp³-hybridized carbons (Fsp3) is 0.158. The number of ether oxygens (including phenoxy) is 1. The molecule has 0 aliphatic carbocycles. The van der Waals surface area contributed by atoms with E-state index in [0.717, 1.165) is 32.7 Å². The number of hydrogen-bond acceptors (Lipinski definition) is 5. The van der Waals surface area contributed by atoms with Gasteiger partial charge in [-0.3, -0.25) is 9.59 Å². The third-order valence-corrected chi connectivity index (χ3v) is 5.67. The minimum atomic E-state index is -0.275. The van der Waals surface area contributed by atoms with Crippen LogP contribution in [0.3, 0.4) is 0 Å². The predicted octanol–water partition coefficient (Wildman–Crippen LogP) is 5.06. The maximum atomic E-state index is 12.1. The first-order valence-electron chi connectivity index (χ1n) is 7.60. The Balaban J connectivity index is 2.18. The molecule has 0 saturated heterocycles. The van der Waals surface area contributed by atoms with E-state index >= 15 is 0 Å². The Bertz CT molecular complexity index is 833. The molecule has 0 unspecified atom stereocenters. The molecule has 0 aliphatic rings. The SMILES string of the molecule is CCOC(=O)Cc1c(-c2ccccc2)sc(C=O)c1-c1cccs1. The lowest BCUT2D eigenvalue weighted by atomic mass is 10.0. The Morgan fingerprint density at radius 3 is 2.58 bits per heavy atom. The lowest BCUT2D eigenvalue weighted by molar-refractivity contribution is -0.142. The molecule has 3 rings (SSSR count). The zero-order valence-electron chi connectivity index (χ0n) is 13.2. The van der Waals surface area contributed by atoms with Crippen molar-refractivity contribution in [3.63, 3.8) is 0 Å². The van der Waals surface area contributed by atoms with E-state index < -0.39 is 0 Å². The van der Waals surface area contributed by atoms with Gasteiger partial charge in [-0.1, -0.05) is 36.4 Å². The van der Waals surface area contributed by atoms with E-state index in [9.17, 15) is 9.59 Å². The van der Waals surface area contributed by atoms with Crippen LogP contribution in [0.15, 0.2) is 47.8 Å². The minimum absolute atomic E-state index is 0.162. The summed E-state index contributed by atoms with van der Waals surface area (Å²) in [5, 5.41) is 1.97. The number of carbonyl (C=O) groups is 2. The maximum Gasteiger partial charge on any atom is 0.310 e. The molecule has 0 saturated carbocycles. The van der Waals surface area contributed by atoms with Crippen molar-refractivity contribution < 1.29 is 14.3 Å². The highest BCUT2D eigenvalue weighted by Gasteiger charge is 2.23. The quantitative estimate of drug-likeness (QED) is 0.458. The van der Waals surface area contributed by atoms with Crippen molar-refractivity contribution >= 4 is 34.9 Å². The normalized spacial score (nSPS) is 10.5. The second-order valence-corrected chi connectivity index (χ2v) is 7.09. The molecule has 0 atom stereocenters. The van der Waals surface area contributed by atoms with Crippen molar-refractivity contribution in [1.82, 2.24) is 0 Å². The van der Waals surface area contributed by atoms with Gasteiger partial charge in [-0.25, -0.2) is 0 Å². The highest BCUT2D eigenvalue weighted by molar-refractivity contribution is 7.19. The standard InChI is InChI=1S/C19H16O3S2/c1-2-22-17(21)11-14-18(15-9-6-10-23-15)16(12-20)24-19(14)13-7-4-3-5-8-13/h3-10,12H,2,11H2,1H3. The smallest absolute Gasteiger partial charge is 0.310 e. The molecule has 1 aromatic carbocycles. The first kappa shape index (κ1) is 16.6. The third-order valence-electron chi connectivity index (χ3n) is 3.57. The summed E-state index contributed by atoms with van der Waals surface area (Å²) in [6.45, 7) is 2.14. The zero-order chi connectivity index (χ0) is 16.9. The minimum Gasteiger partial charge on any atom is -0.466 e. The van der Waals surface area contributed by atoms with Crippen molar-refractivity contribution in [2.45, 2.75) is 13.3 Å². The van der Waals surface area contributed by atoms with Gasteiger partial charge in [-0.2, -0.15) is 0 Å². The van der Waals surface area contributed by atoms with Crippen LogP contribution in [-0.4, -0.2) is 18.9 Å². The molecule has 0 amide bonds. The third kappa shape index (κ3) is 3.32. The summed E-state index contributed by atoms with van der Waals surface area (Å²) in [4.78, 5) is 26.3. The predicted molar refractivity (Wildman–Crippen MR) is 98.8 cm³/mol. The Morgan fingerprint density at radius 2 is 1.96 bits per heavy atom. The second-order valence-electron chi connectivity index (χ2n) is 5.09. The molecule has 0 bridgehead atoms. The van der Waals surface area contributed by atoms with Gasteiger partial charge in [-0.05, 0) is 29.5 Å². The van der Waals surface area contributed by atoms with Gasteiger partial charge in [0.2, 0.25) is 0 Å². The summed E-state index contributed by atoms with van der Waals surface area (Å²) in [5.41, 5.74) is 2.74. The largest absolute Gasteiger partial charge is 0.466 e. The van der Waals surface area contributed by atoms with Crippen LogP contribution in [0, 0.1) is 0 Å². The van der Waals surface area contributed by atoms with Crippen LogP contribution in [-0.2, 0) is 16.0 Å². The first-order chi connectivity index (χ1) is 11.7. The summed E-state index contributed by atoms with van der Waals surface area (Å²) in [7, 11) is 0. The first-order valence-corrected chi connectivity index (χ1v) is 9.30. The van der Waals surface area contributed by atoms with Crippen molar-refractivity contribution in [3.8, 4) is 20.9 Å². The molecular formula is C19H16O3S2. The van der Waals surface area contributed by atoms with E-state index in [1.807, 2.05) is 47.8 Å². The summed E-state index contributed by atoms with van der Waals surface area (Å²) < 4.78 is 5.13. The van der Waals surface area contributed by atoms with E-state index in [0.29, 0.717) is 11.5 Å². The molecular weight excluding hydrogens is 340 g/mol. The second kappa shape index (κ2) is 7.55.